The van der Waals surface area contributed by atoms with Gasteiger partial charge in [-0.25, -0.2) is 13.8 Å². The lowest BCUT2D eigenvalue weighted by atomic mass is 10.00. The van der Waals surface area contributed by atoms with E-state index in [4.69, 9.17) is 27.1 Å². The maximum Gasteiger partial charge on any atom is 0.249 e. The first-order valence-corrected chi connectivity index (χ1v) is 12.3. The molecule has 2 aromatic carbocycles. The summed E-state index contributed by atoms with van der Waals surface area (Å²) >= 11 is 6.23. The zero-order valence-corrected chi connectivity index (χ0v) is 21.6. The molecule has 0 unspecified atom stereocenters. The van der Waals surface area contributed by atoms with Crippen molar-refractivity contribution >= 4 is 17.5 Å². The third-order valence-electron chi connectivity index (χ3n) is 5.93. The predicted molar refractivity (Wildman–Crippen MR) is 138 cm³/mol. The van der Waals surface area contributed by atoms with E-state index in [0.29, 0.717) is 29.5 Å². The van der Waals surface area contributed by atoms with Crippen molar-refractivity contribution in [2.45, 2.75) is 38.9 Å². The summed E-state index contributed by atoms with van der Waals surface area (Å²) in [6.45, 7) is 3.78. The predicted octanol–water partition coefficient (Wildman–Crippen LogP) is 5.25. The lowest BCUT2D eigenvalue weighted by Gasteiger charge is -2.35. The van der Waals surface area contributed by atoms with E-state index in [9.17, 15) is 13.6 Å². The Kier molecular flexibility index (Phi) is 9.98. The molecular formula is C27H33ClF2N4O2. The second-order valence-electron chi connectivity index (χ2n) is 9.16. The number of imidazole rings is 1. The second-order valence-corrected chi connectivity index (χ2v) is 9.60. The summed E-state index contributed by atoms with van der Waals surface area (Å²) in [6, 6.07) is 12.6. The van der Waals surface area contributed by atoms with Gasteiger partial charge in [0.15, 0.2) is 0 Å². The van der Waals surface area contributed by atoms with Gasteiger partial charge in [-0.1, -0.05) is 49.7 Å². The first kappa shape index (κ1) is 27.8. The van der Waals surface area contributed by atoms with Crippen LogP contribution in [0.2, 0.25) is 5.02 Å². The van der Waals surface area contributed by atoms with Gasteiger partial charge in [0.2, 0.25) is 5.91 Å². The number of halogens is 3. The third-order valence-corrected chi connectivity index (χ3v) is 6.16. The first-order chi connectivity index (χ1) is 17.2. The zero-order chi connectivity index (χ0) is 26.2. The fraction of sp³-hybridized carbons (Fsp3) is 0.407. The first-order valence-electron chi connectivity index (χ1n) is 11.9. The van der Waals surface area contributed by atoms with Crippen LogP contribution in [0.3, 0.4) is 0 Å². The van der Waals surface area contributed by atoms with Crippen LogP contribution in [0.1, 0.15) is 37.7 Å². The van der Waals surface area contributed by atoms with Crippen molar-refractivity contribution in [1.29, 1.82) is 0 Å². The highest BCUT2D eigenvalue weighted by Crippen LogP contribution is 2.32. The lowest BCUT2D eigenvalue weighted by molar-refractivity contribution is -0.139. The van der Waals surface area contributed by atoms with Gasteiger partial charge in [-0.3, -0.25) is 4.79 Å². The number of amides is 1. The second kappa shape index (κ2) is 12.9. The van der Waals surface area contributed by atoms with Gasteiger partial charge in [-0.15, -0.1) is 0 Å². The Bertz CT molecular complexity index is 1150. The number of nitrogens with zero attached hydrogens (tertiary/aromatic N) is 3. The molecule has 0 fully saturated rings. The minimum Gasteiger partial charge on any atom is -0.375 e. The molecule has 3 rings (SSSR count). The normalized spacial score (nSPS) is 13.1. The standard InChI is InChI=1S/C27H33ClF2N4O2/c1-18(2)26(34(25(35)17-36-3)11-10-23(31)14-29)27-32-24(20-7-5-8-21(28)13-20)16-33(27)15-19-6-4-9-22(30)12-19/h4-9,12-13,16,18,23,26H,10-11,14-15,17,31H2,1-3H3/t23-,26+/m0/s1. The van der Waals surface area contributed by atoms with Crippen LogP contribution in [0.4, 0.5) is 8.78 Å². The van der Waals surface area contributed by atoms with Crippen LogP contribution in [-0.2, 0) is 16.1 Å². The fourth-order valence-corrected chi connectivity index (χ4v) is 4.41. The number of carbonyl (C=O) groups excluding carboxylic acids is 1. The largest absolute Gasteiger partial charge is 0.375 e. The lowest BCUT2D eigenvalue weighted by Crippen LogP contribution is -2.43. The Labute approximate surface area is 216 Å². The zero-order valence-electron chi connectivity index (χ0n) is 20.8. The maximum absolute atomic E-state index is 14.0. The van der Waals surface area contributed by atoms with E-state index in [-0.39, 0.29) is 30.8 Å². The Morgan fingerprint density at radius 1 is 1.22 bits per heavy atom. The molecule has 0 radical (unpaired) electrons. The van der Waals surface area contributed by atoms with Crippen LogP contribution in [0, 0.1) is 11.7 Å². The Morgan fingerprint density at radius 3 is 2.61 bits per heavy atom. The number of hydrogen-bond donors (Lipinski definition) is 1. The molecule has 9 heteroatoms. The molecule has 0 aliphatic rings. The van der Waals surface area contributed by atoms with Crippen molar-refractivity contribution in [3.8, 4) is 11.3 Å². The van der Waals surface area contributed by atoms with Crippen molar-refractivity contribution < 1.29 is 18.3 Å². The van der Waals surface area contributed by atoms with Crippen LogP contribution in [-0.4, -0.2) is 53.3 Å². The molecule has 2 N–H and O–H groups in total. The molecule has 0 aliphatic carbocycles. The molecule has 1 aromatic heterocycles. The van der Waals surface area contributed by atoms with Crippen LogP contribution in [0.25, 0.3) is 11.3 Å². The number of methoxy groups -OCH3 is 1. The van der Waals surface area contributed by atoms with Crippen molar-refractivity contribution in [2.24, 2.45) is 11.7 Å². The Hall–Kier alpha value is -2.81. The van der Waals surface area contributed by atoms with Gasteiger partial charge in [-0.05, 0) is 42.2 Å². The average Bonchev–Trinajstić information content (AvgIpc) is 3.24. The molecular weight excluding hydrogens is 486 g/mol. The summed E-state index contributed by atoms with van der Waals surface area (Å²) in [5.41, 5.74) is 8.08. The van der Waals surface area contributed by atoms with Crippen LogP contribution in [0.15, 0.2) is 54.7 Å². The monoisotopic (exact) mass is 518 g/mol. The number of benzene rings is 2. The molecule has 1 amide bonds. The number of ether oxygens (including phenoxy) is 1. The molecule has 2 atom stereocenters. The van der Waals surface area contributed by atoms with Crippen LogP contribution < -0.4 is 5.73 Å². The number of carbonyl (C=O) groups is 1. The quantitative estimate of drug-likeness (QED) is 0.355. The summed E-state index contributed by atoms with van der Waals surface area (Å²) < 4.78 is 34.1. The third kappa shape index (κ3) is 7.12. The molecule has 3 aromatic rings. The molecule has 0 aliphatic heterocycles. The van der Waals surface area contributed by atoms with E-state index in [0.717, 1.165) is 11.1 Å². The molecule has 0 spiro atoms. The molecule has 0 saturated carbocycles. The number of alkyl halides is 1. The van der Waals surface area contributed by atoms with E-state index in [1.165, 1.54) is 19.2 Å². The van der Waals surface area contributed by atoms with E-state index in [2.05, 4.69) is 0 Å². The fourth-order valence-electron chi connectivity index (χ4n) is 4.22. The highest BCUT2D eigenvalue weighted by atomic mass is 35.5. The smallest absolute Gasteiger partial charge is 0.249 e. The molecule has 0 bridgehead atoms. The van der Waals surface area contributed by atoms with Gasteiger partial charge in [0.05, 0.1) is 11.7 Å². The van der Waals surface area contributed by atoms with E-state index in [1.54, 1.807) is 17.0 Å². The molecule has 0 saturated heterocycles. The number of nitrogens with two attached hydrogens (primary N) is 1. The molecule has 194 valence electrons. The van der Waals surface area contributed by atoms with E-state index >= 15 is 0 Å². The number of aromatic nitrogens is 2. The highest BCUT2D eigenvalue weighted by Gasteiger charge is 2.32. The summed E-state index contributed by atoms with van der Waals surface area (Å²) in [6.07, 6.45) is 2.18. The summed E-state index contributed by atoms with van der Waals surface area (Å²) in [5.74, 6) is 0.00408. The average molecular weight is 519 g/mol. The minimum atomic E-state index is -0.676. The molecule has 6 nitrogen and oxygen atoms in total. The molecule has 36 heavy (non-hydrogen) atoms. The van der Waals surface area contributed by atoms with E-state index < -0.39 is 18.8 Å². The molecule has 1 heterocycles. The topological polar surface area (TPSA) is 73.4 Å². The summed E-state index contributed by atoms with van der Waals surface area (Å²) in [5, 5.41) is 0.575. The van der Waals surface area contributed by atoms with Gasteiger partial charge in [-0.2, -0.15) is 0 Å². The minimum absolute atomic E-state index is 0.0479. The van der Waals surface area contributed by atoms with Gasteiger partial charge < -0.3 is 19.9 Å². The van der Waals surface area contributed by atoms with Gasteiger partial charge in [0, 0.05) is 43.0 Å². The number of hydrogen-bond acceptors (Lipinski definition) is 4. The Morgan fingerprint density at radius 2 is 1.97 bits per heavy atom. The SMILES string of the molecule is COCC(=O)N(CC[C@H](N)CF)[C@@H](c1nc(-c2cccc(Cl)c2)cn1Cc1cccc(F)c1)C(C)C. The van der Waals surface area contributed by atoms with Crippen molar-refractivity contribution in [2.75, 3.05) is 26.9 Å². The van der Waals surface area contributed by atoms with Gasteiger partial charge in [0.1, 0.15) is 24.9 Å². The van der Waals surface area contributed by atoms with Gasteiger partial charge in [0.25, 0.3) is 0 Å². The summed E-state index contributed by atoms with van der Waals surface area (Å²) in [4.78, 5) is 19.8. The summed E-state index contributed by atoms with van der Waals surface area (Å²) in [7, 11) is 1.45. The van der Waals surface area contributed by atoms with Crippen molar-refractivity contribution in [3.63, 3.8) is 0 Å². The maximum atomic E-state index is 14.0. The number of rotatable bonds is 12. The van der Waals surface area contributed by atoms with Crippen LogP contribution in [0.5, 0.6) is 0 Å². The highest BCUT2D eigenvalue weighted by molar-refractivity contribution is 6.30. The van der Waals surface area contributed by atoms with Crippen molar-refractivity contribution in [3.05, 3.63) is 77.0 Å². The van der Waals surface area contributed by atoms with Crippen LogP contribution >= 0.6 is 11.6 Å². The van der Waals surface area contributed by atoms with Crippen molar-refractivity contribution in [1.82, 2.24) is 14.5 Å². The Balaban J connectivity index is 2.11. The van der Waals surface area contributed by atoms with E-state index in [1.807, 2.05) is 48.9 Å². The van der Waals surface area contributed by atoms with Gasteiger partial charge >= 0.3 is 0 Å².